The smallest absolute Gasteiger partial charge is 0.260 e. The molecule has 3 aromatic carbocycles. The number of piperidine rings is 1. The largest absolute Gasteiger partial charge is 0.279 e. The summed E-state index contributed by atoms with van der Waals surface area (Å²) in [4.78, 5) is 20.5. The van der Waals surface area contributed by atoms with Crippen LogP contribution in [-0.2, 0) is 23.0 Å². The average molecular weight is 534 g/mol. The van der Waals surface area contributed by atoms with E-state index in [1.54, 1.807) is 33.5 Å². The van der Waals surface area contributed by atoms with Crippen molar-refractivity contribution in [3.8, 4) is 0 Å². The normalized spacial score (nSPS) is 16.6. The van der Waals surface area contributed by atoms with Crippen LogP contribution in [0.4, 0.5) is 5.13 Å². The number of anilines is 1. The van der Waals surface area contributed by atoms with Crippen molar-refractivity contribution in [2.24, 2.45) is 5.92 Å². The number of carbonyl (C=O) groups is 1. The number of benzene rings is 3. The van der Waals surface area contributed by atoms with Crippen LogP contribution in [0, 0.1) is 5.92 Å². The molecule has 0 N–H and O–H groups in total. The molecule has 1 aliphatic heterocycles. The standard InChI is InChI=1S/C29H31N3O3S2/c1-3-22-11-16-26-27(18-22)36-29(30-26)32(20-23-9-5-4-6-10-23)28(33)24-12-14-25(15-13-24)37(34,35)31-17-7-8-21(2)19-31/h4-6,9-16,18,21H,3,7-8,17,19-20H2,1-2H3. The summed E-state index contributed by atoms with van der Waals surface area (Å²) in [6.07, 6.45) is 2.84. The number of sulfonamides is 1. The predicted molar refractivity (Wildman–Crippen MR) is 150 cm³/mol. The first kappa shape index (κ1) is 25.6. The summed E-state index contributed by atoms with van der Waals surface area (Å²) in [5.74, 6) is 0.132. The first-order valence-corrected chi connectivity index (χ1v) is 15.0. The van der Waals surface area contributed by atoms with E-state index in [2.05, 4.69) is 26.0 Å². The molecule has 0 bridgehead atoms. The maximum Gasteiger partial charge on any atom is 0.260 e. The first-order chi connectivity index (χ1) is 17.8. The third-order valence-electron chi connectivity index (χ3n) is 6.87. The summed E-state index contributed by atoms with van der Waals surface area (Å²) < 4.78 is 29.0. The van der Waals surface area contributed by atoms with Crippen molar-refractivity contribution in [1.82, 2.24) is 9.29 Å². The summed E-state index contributed by atoms with van der Waals surface area (Å²) in [5, 5.41) is 0.621. The van der Waals surface area contributed by atoms with Crippen LogP contribution in [0.2, 0.25) is 0 Å². The lowest BCUT2D eigenvalue weighted by atomic mass is 10.0. The van der Waals surface area contributed by atoms with Crippen LogP contribution in [0.1, 0.15) is 48.2 Å². The van der Waals surface area contributed by atoms with Gasteiger partial charge in [-0.05, 0) is 72.7 Å². The molecule has 37 heavy (non-hydrogen) atoms. The van der Waals surface area contributed by atoms with E-state index in [1.165, 1.54) is 16.9 Å². The lowest BCUT2D eigenvalue weighted by molar-refractivity contribution is 0.0985. The minimum atomic E-state index is -3.58. The molecule has 1 amide bonds. The second-order valence-electron chi connectivity index (χ2n) is 9.66. The first-order valence-electron chi connectivity index (χ1n) is 12.7. The predicted octanol–water partition coefficient (Wildman–Crippen LogP) is 6.13. The van der Waals surface area contributed by atoms with E-state index < -0.39 is 10.0 Å². The molecule has 8 heteroatoms. The molecule has 6 nitrogen and oxygen atoms in total. The number of amides is 1. The fourth-order valence-electron chi connectivity index (χ4n) is 4.72. The van der Waals surface area contributed by atoms with Crippen LogP contribution in [0.3, 0.4) is 0 Å². The summed E-state index contributed by atoms with van der Waals surface area (Å²) in [6.45, 7) is 5.63. The number of nitrogens with zero attached hydrogens (tertiary/aromatic N) is 3. The number of aromatic nitrogens is 1. The Bertz CT molecular complexity index is 1500. The third kappa shape index (κ3) is 5.46. The second-order valence-corrected chi connectivity index (χ2v) is 12.6. The van der Waals surface area contributed by atoms with Crippen molar-refractivity contribution in [3.05, 3.63) is 89.5 Å². The zero-order valence-corrected chi connectivity index (χ0v) is 22.8. The number of aryl methyl sites for hydroxylation is 1. The molecule has 2 heterocycles. The molecule has 192 valence electrons. The van der Waals surface area contributed by atoms with Gasteiger partial charge in [-0.1, -0.05) is 61.6 Å². The molecular weight excluding hydrogens is 502 g/mol. The Kier molecular flexibility index (Phi) is 7.42. The minimum Gasteiger partial charge on any atom is -0.279 e. The molecule has 4 aromatic rings. The van der Waals surface area contributed by atoms with Gasteiger partial charge in [-0.3, -0.25) is 9.69 Å². The molecule has 1 atom stereocenters. The maximum atomic E-state index is 13.8. The van der Waals surface area contributed by atoms with Crippen molar-refractivity contribution >= 4 is 42.6 Å². The molecule has 5 rings (SSSR count). The van der Waals surface area contributed by atoms with E-state index in [0.29, 0.717) is 36.2 Å². The van der Waals surface area contributed by atoms with Gasteiger partial charge >= 0.3 is 0 Å². The monoisotopic (exact) mass is 533 g/mol. The van der Waals surface area contributed by atoms with Gasteiger partial charge in [0, 0.05) is 18.7 Å². The number of rotatable bonds is 7. The van der Waals surface area contributed by atoms with Gasteiger partial charge in [-0.2, -0.15) is 4.31 Å². The topological polar surface area (TPSA) is 70.6 Å². The SMILES string of the molecule is CCc1ccc2nc(N(Cc3ccccc3)C(=O)c3ccc(S(=O)(=O)N4CCCC(C)C4)cc3)sc2c1. The highest BCUT2D eigenvalue weighted by molar-refractivity contribution is 7.89. The van der Waals surface area contributed by atoms with E-state index in [4.69, 9.17) is 4.98 Å². The molecule has 1 aliphatic rings. The average Bonchev–Trinajstić information content (AvgIpc) is 3.35. The Morgan fingerprint density at radius 1 is 1.05 bits per heavy atom. The number of thiazole rings is 1. The molecule has 0 aliphatic carbocycles. The van der Waals surface area contributed by atoms with E-state index in [9.17, 15) is 13.2 Å². The van der Waals surface area contributed by atoms with E-state index in [0.717, 1.165) is 35.0 Å². The summed E-state index contributed by atoms with van der Waals surface area (Å²) in [6, 6.07) is 22.3. The van der Waals surface area contributed by atoms with Gasteiger partial charge in [0.05, 0.1) is 21.7 Å². The van der Waals surface area contributed by atoms with Gasteiger partial charge in [0.25, 0.3) is 5.91 Å². The fourth-order valence-corrected chi connectivity index (χ4v) is 7.35. The molecule has 1 aromatic heterocycles. The van der Waals surface area contributed by atoms with Crippen molar-refractivity contribution < 1.29 is 13.2 Å². The Morgan fingerprint density at radius 2 is 1.81 bits per heavy atom. The van der Waals surface area contributed by atoms with Gasteiger partial charge < -0.3 is 0 Å². The lowest BCUT2D eigenvalue weighted by Crippen LogP contribution is -2.39. The number of hydrogen-bond donors (Lipinski definition) is 0. The number of carbonyl (C=O) groups excluding carboxylic acids is 1. The Labute approximate surface area is 222 Å². The van der Waals surface area contributed by atoms with E-state index in [-0.39, 0.29) is 10.8 Å². The molecular formula is C29H31N3O3S2. The van der Waals surface area contributed by atoms with E-state index >= 15 is 0 Å². The summed E-state index contributed by atoms with van der Waals surface area (Å²) in [5.41, 5.74) is 3.50. The van der Waals surface area contributed by atoms with Gasteiger partial charge in [0.15, 0.2) is 5.13 Å². The highest BCUT2D eigenvalue weighted by Gasteiger charge is 2.29. The van der Waals surface area contributed by atoms with Crippen molar-refractivity contribution in [3.63, 3.8) is 0 Å². The van der Waals surface area contributed by atoms with Crippen molar-refractivity contribution in [2.75, 3.05) is 18.0 Å². The molecule has 0 saturated carbocycles. The van der Waals surface area contributed by atoms with Gasteiger partial charge in [-0.15, -0.1) is 0 Å². The number of hydrogen-bond acceptors (Lipinski definition) is 5. The molecule has 1 unspecified atom stereocenters. The Morgan fingerprint density at radius 3 is 2.51 bits per heavy atom. The molecule has 0 spiro atoms. The summed E-state index contributed by atoms with van der Waals surface area (Å²) in [7, 11) is -3.58. The van der Waals surface area contributed by atoms with Gasteiger partial charge in [-0.25, -0.2) is 13.4 Å². The molecule has 1 fully saturated rings. The maximum absolute atomic E-state index is 13.8. The quantitative estimate of drug-likeness (QED) is 0.287. The summed E-state index contributed by atoms with van der Waals surface area (Å²) >= 11 is 1.49. The minimum absolute atomic E-state index is 0.214. The van der Waals surface area contributed by atoms with Crippen LogP contribution < -0.4 is 4.90 Å². The van der Waals surface area contributed by atoms with Gasteiger partial charge in [0.1, 0.15) is 0 Å². The van der Waals surface area contributed by atoms with E-state index in [1.807, 2.05) is 36.4 Å². The van der Waals surface area contributed by atoms with Crippen LogP contribution >= 0.6 is 11.3 Å². The second kappa shape index (κ2) is 10.7. The van der Waals surface area contributed by atoms with Crippen molar-refractivity contribution in [2.45, 2.75) is 44.6 Å². The zero-order chi connectivity index (χ0) is 26.0. The van der Waals surface area contributed by atoms with Crippen LogP contribution in [0.15, 0.2) is 77.7 Å². The van der Waals surface area contributed by atoms with Crippen LogP contribution in [-0.4, -0.2) is 36.7 Å². The Balaban J connectivity index is 1.46. The molecule has 1 saturated heterocycles. The highest BCUT2D eigenvalue weighted by Crippen LogP contribution is 2.32. The molecule has 0 radical (unpaired) electrons. The van der Waals surface area contributed by atoms with Crippen LogP contribution in [0.25, 0.3) is 10.2 Å². The lowest BCUT2D eigenvalue weighted by Gasteiger charge is -2.30. The van der Waals surface area contributed by atoms with Crippen LogP contribution in [0.5, 0.6) is 0 Å². The highest BCUT2D eigenvalue weighted by atomic mass is 32.2. The van der Waals surface area contributed by atoms with Crippen molar-refractivity contribution in [1.29, 1.82) is 0 Å². The zero-order valence-electron chi connectivity index (χ0n) is 21.1. The van der Waals surface area contributed by atoms with Gasteiger partial charge in [0.2, 0.25) is 10.0 Å². The fraction of sp³-hybridized carbons (Fsp3) is 0.310. The number of fused-ring (bicyclic) bond motifs is 1. The Hall–Kier alpha value is -3.07. The third-order valence-corrected chi connectivity index (χ3v) is 9.79.